The smallest absolute Gasteiger partial charge is 0.273 e. The lowest BCUT2D eigenvalue weighted by Crippen LogP contribution is -2.21. The number of aromatic amines is 1. The fourth-order valence-electron chi connectivity index (χ4n) is 5.50. The molecule has 5 heterocycles. The Morgan fingerprint density at radius 3 is 1.57 bits per heavy atom. The van der Waals surface area contributed by atoms with Gasteiger partial charge in [-0.3, -0.25) is 23.9 Å². The zero-order valence-corrected chi connectivity index (χ0v) is 34.1. The molecule has 0 aliphatic carbocycles. The average Bonchev–Trinajstić information content (AvgIpc) is 3.85. The number of halogens is 1. The number of nitrogens with zero attached hydrogens (tertiary/aromatic N) is 8. The van der Waals surface area contributed by atoms with Crippen molar-refractivity contribution in [2.75, 3.05) is 42.5 Å². The molecular formula is C41H45FN16O3. The number of anilines is 8. The fraction of sp³-hybridized carbons (Fsp3) is 0.146. The average molecular weight is 830 g/mol. The first-order chi connectivity index (χ1) is 30.1. The topological polar surface area (TPSA) is 268 Å². The van der Waals surface area contributed by atoms with Crippen molar-refractivity contribution in [3.63, 3.8) is 0 Å². The zero-order valence-electron chi connectivity index (χ0n) is 35.1. The van der Waals surface area contributed by atoms with Crippen LogP contribution in [0.5, 0.6) is 0 Å². The summed E-state index contributed by atoms with van der Waals surface area (Å²) in [5, 5.41) is 40.7. The van der Waals surface area contributed by atoms with Gasteiger partial charge in [-0.1, -0.05) is 37.7 Å². The number of amides is 3. The summed E-state index contributed by atoms with van der Waals surface area (Å²) in [6, 6.07) is 25.1. The van der Waals surface area contributed by atoms with Crippen molar-refractivity contribution < 1.29 is 20.1 Å². The summed E-state index contributed by atoms with van der Waals surface area (Å²) < 4.78 is 15.2. The van der Waals surface area contributed by atoms with Crippen molar-refractivity contribution in [2.24, 2.45) is 5.73 Å². The molecule has 0 saturated heterocycles. The lowest BCUT2D eigenvalue weighted by molar-refractivity contribution is 0.0950. The maximum Gasteiger partial charge on any atom is 0.273 e. The van der Waals surface area contributed by atoms with E-state index in [2.05, 4.69) is 77.4 Å². The summed E-state index contributed by atoms with van der Waals surface area (Å²) >= 11 is 0. The number of hydrogen-bond acceptors (Lipinski definition) is 15. The van der Waals surface area contributed by atoms with Crippen LogP contribution in [0.1, 0.15) is 51.2 Å². The third kappa shape index (κ3) is 11.6. The number of alkyl halides is 1. The van der Waals surface area contributed by atoms with Gasteiger partial charge in [0.1, 0.15) is 18.0 Å². The molecule has 61 heavy (non-hydrogen) atoms. The van der Waals surface area contributed by atoms with Crippen LogP contribution in [-0.4, -0.2) is 84.5 Å². The molecular weight excluding hydrogens is 784 g/mol. The molecule has 0 unspecified atom stereocenters. The fourth-order valence-corrected chi connectivity index (χ4v) is 5.50. The van der Waals surface area contributed by atoms with Gasteiger partial charge >= 0.3 is 0 Å². The number of primary amides is 1. The van der Waals surface area contributed by atoms with Gasteiger partial charge in [0.25, 0.3) is 11.8 Å². The van der Waals surface area contributed by atoms with E-state index in [1.807, 2.05) is 49.4 Å². The van der Waals surface area contributed by atoms with E-state index in [0.29, 0.717) is 64.5 Å². The van der Waals surface area contributed by atoms with Crippen LogP contribution in [0.25, 0.3) is 11.4 Å². The number of pyridine rings is 2. The monoisotopic (exact) mass is 829 g/mol. The molecule has 2 aromatic carbocycles. The Bertz CT molecular complexity index is 2550. The van der Waals surface area contributed by atoms with E-state index in [1.54, 1.807) is 68.8 Å². The minimum Gasteiger partial charge on any atom is -0.366 e. The first-order valence-electron chi connectivity index (χ1n) is 19.0. The molecule has 0 aliphatic heterocycles. The van der Waals surface area contributed by atoms with E-state index in [1.165, 1.54) is 20.8 Å². The van der Waals surface area contributed by atoms with Gasteiger partial charge in [0, 0.05) is 62.5 Å². The lowest BCUT2D eigenvalue weighted by atomic mass is 10.1. The van der Waals surface area contributed by atoms with Crippen LogP contribution in [0.3, 0.4) is 0 Å². The number of nitrogens with one attached hydrogen (secondary N) is 7. The molecule has 9 N–H and O–H groups in total. The SMILES string of the molecule is CF.CNC(=O)c1nnc(Nc2ccccn2)cc1Nc1cccc(-c2ncn[nH]2)c1C.CNC(=O)c1nnc(Nc2ccccn2)cc1Nc1cccc(C(N)=O)c1C.[2H]C. The number of nitrogens with two attached hydrogens (primary N) is 1. The summed E-state index contributed by atoms with van der Waals surface area (Å²) in [7, 11) is 4.80. The molecule has 0 saturated carbocycles. The van der Waals surface area contributed by atoms with Crippen molar-refractivity contribution in [1.82, 2.24) is 56.2 Å². The predicted octanol–water partition coefficient (Wildman–Crippen LogP) is 6.16. The van der Waals surface area contributed by atoms with Crippen molar-refractivity contribution in [1.29, 1.82) is 0 Å². The highest BCUT2D eigenvalue weighted by Gasteiger charge is 2.18. The van der Waals surface area contributed by atoms with Gasteiger partial charge in [-0.2, -0.15) is 5.10 Å². The number of hydrogen-bond donors (Lipinski definition) is 8. The van der Waals surface area contributed by atoms with Crippen molar-refractivity contribution in [3.8, 4) is 11.4 Å². The molecule has 314 valence electrons. The highest BCUT2D eigenvalue weighted by atomic mass is 19.1. The van der Waals surface area contributed by atoms with E-state index < -0.39 is 11.8 Å². The molecule has 0 bridgehead atoms. The van der Waals surface area contributed by atoms with E-state index >= 15 is 0 Å². The molecule has 0 aliphatic rings. The maximum absolute atomic E-state index is 12.3. The number of carbonyl (C=O) groups is 3. The van der Waals surface area contributed by atoms with Gasteiger partial charge < -0.3 is 37.6 Å². The van der Waals surface area contributed by atoms with Crippen molar-refractivity contribution >= 4 is 63.7 Å². The molecule has 0 atom stereocenters. The van der Waals surface area contributed by atoms with Gasteiger partial charge in [0.05, 0.1) is 18.6 Å². The van der Waals surface area contributed by atoms with E-state index in [9.17, 15) is 18.8 Å². The van der Waals surface area contributed by atoms with Crippen LogP contribution in [0.2, 0.25) is 0 Å². The summed E-state index contributed by atoms with van der Waals surface area (Å²) in [4.78, 5) is 48.7. The summed E-state index contributed by atoms with van der Waals surface area (Å²) in [6.07, 6.45) is 4.78. The Labute approximate surface area is 352 Å². The van der Waals surface area contributed by atoms with E-state index in [4.69, 9.17) is 7.10 Å². The normalized spacial score (nSPS) is 10.0. The molecule has 5 aromatic heterocycles. The number of rotatable bonds is 12. The first-order valence-corrected chi connectivity index (χ1v) is 18.0. The molecule has 7 rings (SSSR count). The van der Waals surface area contributed by atoms with Gasteiger partial charge in [0.15, 0.2) is 28.8 Å². The van der Waals surface area contributed by atoms with Crippen LogP contribution in [0.4, 0.5) is 50.4 Å². The molecule has 0 fully saturated rings. The molecule has 7 aromatic rings. The largest absolute Gasteiger partial charge is 0.366 e. The number of H-pyrrole nitrogens is 1. The number of carbonyl (C=O) groups excluding carboxylic acids is 3. The maximum atomic E-state index is 12.3. The Morgan fingerprint density at radius 2 is 1.13 bits per heavy atom. The lowest BCUT2D eigenvalue weighted by Gasteiger charge is -2.15. The summed E-state index contributed by atoms with van der Waals surface area (Å²) in [5.74, 6) is 1.44. The standard InChI is InChI=1S/C20H19N9O.C19H19N7O2.CH3F.CH4/c1-12-13(19-23-11-24-29-19)6-5-7-14(12)25-15-10-17(26-16-8-3-4-9-22-16)27-28-18(15)20(30)21-2;1-11-12(18(20)27)6-5-7-13(11)23-14-10-16(24-15-8-3-4-9-22-15)25-26-17(14)19(28)21-2;1-2;/h3-11H,1-2H3,(H,21,30)(H,23,24,29)(H2,22,25,26,27);3-10H,1-2H3,(H2,20,27)(H,21,28)(H2,22,23,24,25);1H3;1H4/i;;;1D. The third-order valence-electron chi connectivity index (χ3n) is 8.46. The van der Waals surface area contributed by atoms with Gasteiger partial charge in [-0.15, -0.1) is 20.4 Å². The van der Waals surface area contributed by atoms with E-state index in [0.717, 1.165) is 16.8 Å². The van der Waals surface area contributed by atoms with Crippen LogP contribution in [0, 0.1) is 13.8 Å². The second kappa shape index (κ2) is 21.9. The molecule has 19 nitrogen and oxygen atoms in total. The summed E-state index contributed by atoms with van der Waals surface area (Å²) in [5.41, 5.74) is 10.9. The van der Waals surface area contributed by atoms with Crippen LogP contribution in [0.15, 0.2) is 104 Å². The summed E-state index contributed by atoms with van der Waals surface area (Å²) in [6.45, 7) is 3.73. The van der Waals surface area contributed by atoms with Crippen molar-refractivity contribution in [3.05, 3.63) is 132 Å². The minimum absolute atomic E-state index is 0.109. The second-order valence-corrected chi connectivity index (χ2v) is 12.2. The van der Waals surface area contributed by atoms with Gasteiger partial charge in [0.2, 0.25) is 5.91 Å². The quantitative estimate of drug-likeness (QED) is 0.0685. The zero-order chi connectivity index (χ0) is 45.0. The Balaban J connectivity index is 0.000000253. The van der Waals surface area contributed by atoms with Gasteiger partial charge in [-0.25, -0.2) is 15.0 Å². The molecule has 0 radical (unpaired) electrons. The van der Waals surface area contributed by atoms with E-state index in [-0.39, 0.29) is 17.3 Å². The molecule has 3 amide bonds. The molecule has 0 spiro atoms. The Kier molecular flexibility index (Phi) is 15.7. The minimum atomic E-state index is -0.530. The third-order valence-corrected chi connectivity index (χ3v) is 8.46. The highest BCUT2D eigenvalue weighted by molar-refractivity contribution is 6.00. The highest BCUT2D eigenvalue weighted by Crippen LogP contribution is 2.31. The van der Waals surface area contributed by atoms with Gasteiger partial charge in [-0.05, 0) is 67.4 Å². The first kappa shape index (κ1) is 43.7. The Hall–Kier alpha value is -8.42. The Morgan fingerprint density at radius 1 is 0.623 bits per heavy atom. The van der Waals surface area contributed by atoms with Crippen LogP contribution >= 0.6 is 0 Å². The van der Waals surface area contributed by atoms with Crippen molar-refractivity contribution in [2.45, 2.75) is 21.3 Å². The molecule has 20 heteroatoms. The predicted molar refractivity (Wildman–Crippen MR) is 232 cm³/mol. The van der Waals surface area contributed by atoms with Crippen LogP contribution < -0.4 is 37.6 Å². The number of benzene rings is 2. The van der Waals surface area contributed by atoms with Crippen LogP contribution in [-0.2, 0) is 0 Å². The number of aromatic nitrogens is 9. The second-order valence-electron chi connectivity index (χ2n) is 12.2.